The summed E-state index contributed by atoms with van der Waals surface area (Å²) in [5, 5.41) is 11.6. The summed E-state index contributed by atoms with van der Waals surface area (Å²) in [4.78, 5) is 17.5. The van der Waals surface area contributed by atoms with Crippen LogP contribution in [0.5, 0.6) is 0 Å². The summed E-state index contributed by atoms with van der Waals surface area (Å²) in [5.41, 5.74) is 3.94. The van der Waals surface area contributed by atoms with Crippen LogP contribution in [0.15, 0.2) is 36.5 Å². The Morgan fingerprint density at radius 3 is 2.61 bits per heavy atom. The minimum absolute atomic E-state index is 0. The number of fused-ring (bicyclic) bond motifs is 1. The number of carbonyl (C=O) groups is 1. The molecule has 0 aliphatic heterocycles. The normalized spacial score (nSPS) is 10.5. The minimum Gasteiger partial charge on any atom is -0.322 e. The molecule has 6 nitrogen and oxygen atoms in total. The molecule has 152 valence electrons. The van der Waals surface area contributed by atoms with Crippen molar-refractivity contribution < 1.29 is 4.79 Å². The van der Waals surface area contributed by atoms with Crippen LogP contribution in [0.4, 0.5) is 5.69 Å². The van der Waals surface area contributed by atoms with Crippen molar-refractivity contribution in [2.45, 2.75) is 40.3 Å². The predicted octanol–water partition coefficient (Wildman–Crippen LogP) is 4.53. The molecule has 1 aromatic carbocycles. The van der Waals surface area contributed by atoms with Gasteiger partial charge in [-0.2, -0.15) is 5.10 Å². The van der Waals surface area contributed by atoms with E-state index in [-0.39, 0.29) is 36.8 Å². The predicted molar refractivity (Wildman–Crippen MR) is 119 cm³/mol. The van der Waals surface area contributed by atoms with Crippen LogP contribution >= 0.6 is 24.8 Å². The van der Waals surface area contributed by atoms with Crippen LogP contribution in [0.1, 0.15) is 48.4 Å². The van der Waals surface area contributed by atoms with Crippen LogP contribution in [0.3, 0.4) is 0 Å². The van der Waals surface area contributed by atoms with Gasteiger partial charge in [-0.15, -0.1) is 24.8 Å². The molecule has 0 fully saturated rings. The topological polar surface area (TPSA) is 71.8 Å². The summed E-state index contributed by atoms with van der Waals surface area (Å²) in [7, 11) is 0. The Hall–Kier alpha value is -2.15. The van der Waals surface area contributed by atoms with Crippen LogP contribution in [0.25, 0.3) is 11.0 Å². The van der Waals surface area contributed by atoms with Crippen molar-refractivity contribution in [1.29, 1.82) is 0 Å². The number of para-hydroxylation sites is 1. The number of pyridine rings is 1. The molecule has 0 unspecified atom stereocenters. The summed E-state index contributed by atoms with van der Waals surface area (Å²) >= 11 is 0. The van der Waals surface area contributed by atoms with E-state index in [4.69, 9.17) is 0 Å². The van der Waals surface area contributed by atoms with Crippen molar-refractivity contribution in [1.82, 2.24) is 20.1 Å². The third kappa shape index (κ3) is 5.01. The Balaban J connectivity index is 0.00000196. The summed E-state index contributed by atoms with van der Waals surface area (Å²) in [6.45, 7) is 9.63. The Labute approximate surface area is 177 Å². The average molecular weight is 424 g/mol. The van der Waals surface area contributed by atoms with E-state index in [1.165, 1.54) is 0 Å². The van der Waals surface area contributed by atoms with E-state index in [1.54, 1.807) is 6.20 Å². The molecule has 0 saturated carbocycles. The molecule has 0 saturated heterocycles. The number of hydrogen-bond acceptors (Lipinski definition) is 4. The first-order valence-electron chi connectivity index (χ1n) is 8.96. The van der Waals surface area contributed by atoms with Gasteiger partial charge in [0.15, 0.2) is 5.65 Å². The summed E-state index contributed by atoms with van der Waals surface area (Å²) in [5.74, 6) is -0.154. The van der Waals surface area contributed by atoms with Gasteiger partial charge in [-0.1, -0.05) is 25.1 Å². The Bertz CT molecular complexity index is 939. The number of benzene rings is 1. The first-order valence-corrected chi connectivity index (χ1v) is 8.96. The molecule has 0 radical (unpaired) electrons. The molecule has 2 N–H and O–H groups in total. The van der Waals surface area contributed by atoms with Gasteiger partial charge in [0, 0.05) is 23.7 Å². The average Bonchev–Trinajstić information content (AvgIpc) is 3.03. The Morgan fingerprint density at radius 2 is 1.93 bits per heavy atom. The number of amides is 1. The van der Waals surface area contributed by atoms with Gasteiger partial charge >= 0.3 is 0 Å². The molecule has 0 aliphatic rings. The van der Waals surface area contributed by atoms with Gasteiger partial charge < -0.3 is 10.6 Å². The maximum atomic E-state index is 12.8. The molecular weight excluding hydrogens is 397 g/mol. The Kier molecular flexibility index (Phi) is 8.88. The molecule has 3 aromatic rings. The number of anilines is 1. The van der Waals surface area contributed by atoms with Gasteiger partial charge in [-0.05, 0) is 45.0 Å². The van der Waals surface area contributed by atoms with Crippen LogP contribution in [0, 0.1) is 6.92 Å². The third-order valence-electron chi connectivity index (χ3n) is 4.32. The van der Waals surface area contributed by atoms with Crippen molar-refractivity contribution in [2.24, 2.45) is 0 Å². The fourth-order valence-electron chi connectivity index (χ4n) is 2.92. The van der Waals surface area contributed by atoms with E-state index in [9.17, 15) is 4.79 Å². The van der Waals surface area contributed by atoms with Crippen LogP contribution < -0.4 is 10.6 Å². The number of halogens is 2. The minimum atomic E-state index is -0.154. The lowest BCUT2D eigenvalue weighted by Crippen LogP contribution is -2.18. The highest BCUT2D eigenvalue weighted by atomic mass is 35.5. The lowest BCUT2D eigenvalue weighted by Gasteiger charge is -2.13. The molecule has 2 aromatic heterocycles. The zero-order valence-electron chi connectivity index (χ0n) is 16.5. The standard InChI is InChI=1S/C20H25N5O.2ClH/c1-5-21-11-15-8-6-7-9-18(15)24-20(26)17-10-16-12-22-25(13(2)3)19(16)23-14(17)4;;/h6-10,12-13,21H,5,11H2,1-4H3,(H,24,26);2*1H. The molecule has 8 heteroatoms. The summed E-state index contributed by atoms with van der Waals surface area (Å²) < 4.78 is 1.87. The highest BCUT2D eigenvalue weighted by Crippen LogP contribution is 2.21. The van der Waals surface area contributed by atoms with Crippen LogP contribution in [0.2, 0.25) is 0 Å². The Morgan fingerprint density at radius 1 is 1.21 bits per heavy atom. The van der Waals surface area contributed by atoms with Gasteiger partial charge in [0.05, 0.1) is 17.5 Å². The number of aryl methyl sites for hydroxylation is 1. The number of carbonyl (C=O) groups excluding carboxylic acids is 1. The first-order chi connectivity index (χ1) is 12.5. The van der Waals surface area contributed by atoms with Gasteiger partial charge in [-0.25, -0.2) is 9.67 Å². The van der Waals surface area contributed by atoms with E-state index >= 15 is 0 Å². The van der Waals surface area contributed by atoms with Crippen LogP contribution in [-0.2, 0) is 6.54 Å². The van der Waals surface area contributed by atoms with Crippen molar-refractivity contribution >= 4 is 47.4 Å². The van der Waals surface area contributed by atoms with Crippen molar-refractivity contribution in [3.8, 4) is 0 Å². The number of nitrogens with zero attached hydrogens (tertiary/aromatic N) is 3. The first kappa shape index (κ1) is 23.9. The lowest BCUT2D eigenvalue weighted by atomic mass is 10.1. The molecule has 2 heterocycles. The zero-order valence-corrected chi connectivity index (χ0v) is 18.2. The van der Waals surface area contributed by atoms with Crippen molar-refractivity contribution in [3.05, 3.63) is 53.3 Å². The second kappa shape index (κ2) is 10.4. The second-order valence-electron chi connectivity index (χ2n) is 6.61. The molecule has 1 amide bonds. The molecule has 0 bridgehead atoms. The van der Waals surface area contributed by atoms with Gasteiger partial charge in [0.25, 0.3) is 5.91 Å². The second-order valence-corrected chi connectivity index (χ2v) is 6.61. The van der Waals surface area contributed by atoms with Crippen molar-refractivity contribution in [3.63, 3.8) is 0 Å². The number of hydrogen-bond donors (Lipinski definition) is 2. The highest BCUT2D eigenvalue weighted by Gasteiger charge is 2.16. The molecular formula is C20H27Cl2N5O. The highest BCUT2D eigenvalue weighted by molar-refractivity contribution is 6.06. The fraction of sp³-hybridized carbons (Fsp3) is 0.350. The quantitative estimate of drug-likeness (QED) is 0.610. The van der Waals surface area contributed by atoms with Crippen molar-refractivity contribution in [2.75, 3.05) is 11.9 Å². The van der Waals surface area contributed by atoms with Gasteiger partial charge in [0.2, 0.25) is 0 Å². The molecule has 28 heavy (non-hydrogen) atoms. The van der Waals surface area contributed by atoms with E-state index in [2.05, 4.69) is 41.5 Å². The number of nitrogens with one attached hydrogen (secondary N) is 2. The summed E-state index contributed by atoms with van der Waals surface area (Å²) in [6, 6.07) is 9.92. The van der Waals surface area contributed by atoms with Gasteiger partial charge in [0.1, 0.15) is 0 Å². The maximum Gasteiger partial charge on any atom is 0.257 e. The fourth-order valence-corrected chi connectivity index (χ4v) is 2.92. The molecule has 3 rings (SSSR count). The largest absolute Gasteiger partial charge is 0.322 e. The van der Waals surface area contributed by atoms with E-state index in [0.29, 0.717) is 17.8 Å². The maximum absolute atomic E-state index is 12.8. The smallest absolute Gasteiger partial charge is 0.257 e. The molecule has 0 atom stereocenters. The van der Waals surface area contributed by atoms with Gasteiger partial charge in [-0.3, -0.25) is 4.79 Å². The number of aromatic nitrogens is 3. The lowest BCUT2D eigenvalue weighted by molar-refractivity contribution is 0.102. The van der Waals surface area contributed by atoms with E-state index in [0.717, 1.165) is 28.8 Å². The van der Waals surface area contributed by atoms with E-state index in [1.807, 2.05) is 41.9 Å². The number of rotatable bonds is 6. The van der Waals surface area contributed by atoms with E-state index < -0.39 is 0 Å². The summed E-state index contributed by atoms with van der Waals surface area (Å²) in [6.07, 6.45) is 1.76. The molecule has 0 aliphatic carbocycles. The SMILES string of the molecule is CCNCc1ccccc1NC(=O)c1cc2cnn(C(C)C)c2nc1C.Cl.Cl. The monoisotopic (exact) mass is 423 g/mol. The third-order valence-corrected chi connectivity index (χ3v) is 4.32. The zero-order chi connectivity index (χ0) is 18.7. The molecule has 0 spiro atoms. The van der Waals surface area contributed by atoms with Crippen LogP contribution in [-0.4, -0.2) is 27.2 Å².